The molecule has 1 heterocycles. The molecule has 1 aliphatic rings. The molecule has 76 valence electrons. The molecule has 0 saturated heterocycles. The van der Waals surface area contributed by atoms with Gasteiger partial charge in [0.15, 0.2) is 0 Å². The molecule has 1 aromatic rings. The Morgan fingerprint density at radius 1 is 1.57 bits per heavy atom. The molecule has 0 radical (unpaired) electrons. The lowest BCUT2D eigenvalue weighted by Gasteiger charge is -2.13. The first kappa shape index (κ1) is 9.49. The van der Waals surface area contributed by atoms with E-state index in [4.69, 9.17) is 9.94 Å². The molecule has 3 heteroatoms. The summed E-state index contributed by atoms with van der Waals surface area (Å²) in [6, 6.07) is 6.12. The van der Waals surface area contributed by atoms with Gasteiger partial charge in [0.2, 0.25) is 0 Å². The number of nitrogens with one attached hydrogen (secondary N) is 1. The number of fused-ring (bicyclic) bond motifs is 1. The summed E-state index contributed by atoms with van der Waals surface area (Å²) in [5.41, 5.74) is 4.69. The van der Waals surface area contributed by atoms with Crippen molar-refractivity contribution in [3.63, 3.8) is 0 Å². The number of hydroxylamine groups is 1. The number of benzene rings is 1. The van der Waals surface area contributed by atoms with Crippen molar-refractivity contribution < 1.29 is 9.94 Å². The molecule has 1 unspecified atom stereocenters. The van der Waals surface area contributed by atoms with Gasteiger partial charge in [0.25, 0.3) is 0 Å². The van der Waals surface area contributed by atoms with E-state index in [-0.39, 0.29) is 6.04 Å². The van der Waals surface area contributed by atoms with Crippen molar-refractivity contribution in [3.05, 3.63) is 29.3 Å². The van der Waals surface area contributed by atoms with Gasteiger partial charge < -0.3 is 9.94 Å². The van der Waals surface area contributed by atoms with E-state index in [1.165, 1.54) is 5.56 Å². The highest BCUT2D eigenvalue weighted by atomic mass is 16.5. The molecule has 0 aromatic heterocycles. The summed E-state index contributed by atoms with van der Waals surface area (Å²) in [6.45, 7) is 2.82. The second-order valence-corrected chi connectivity index (χ2v) is 3.56. The molecular weight excluding hydrogens is 178 g/mol. The standard InChI is InChI=1S/C11H15NO2/c1-2-10(12-13)8-3-4-11-9(7-8)5-6-14-11/h3-4,7,10,12-13H,2,5-6H2,1H3. The van der Waals surface area contributed by atoms with Gasteiger partial charge in [-0.05, 0) is 23.6 Å². The predicted octanol–water partition coefficient (Wildman–Crippen LogP) is 2.05. The predicted molar refractivity (Wildman–Crippen MR) is 53.6 cm³/mol. The summed E-state index contributed by atoms with van der Waals surface area (Å²) < 4.78 is 5.42. The van der Waals surface area contributed by atoms with Crippen LogP contribution >= 0.6 is 0 Å². The SMILES string of the molecule is CCC(NO)c1ccc2c(c1)CCO2. The van der Waals surface area contributed by atoms with Crippen molar-refractivity contribution in [1.82, 2.24) is 5.48 Å². The third-order valence-electron chi connectivity index (χ3n) is 2.68. The zero-order chi connectivity index (χ0) is 9.97. The van der Waals surface area contributed by atoms with Crippen LogP contribution in [0.15, 0.2) is 18.2 Å². The Morgan fingerprint density at radius 2 is 2.43 bits per heavy atom. The quantitative estimate of drug-likeness (QED) is 0.722. The molecule has 0 spiro atoms. The van der Waals surface area contributed by atoms with Crippen LogP contribution in [0, 0.1) is 0 Å². The van der Waals surface area contributed by atoms with E-state index in [1.807, 2.05) is 19.1 Å². The zero-order valence-electron chi connectivity index (χ0n) is 8.29. The molecular formula is C11H15NO2. The van der Waals surface area contributed by atoms with Crippen molar-refractivity contribution in [2.24, 2.45) is 0 Å². The Morgan fingerprint density at radius 3 is 3.14 bits per heavy atom. The highest BCUT2D eigenvalue weighted by Gasteiger charge is 2.15. The van der Waals surface area contributed by atoms with E-state index in [1.54, 1.807) is 0 Å². The molecule has 0 amide bonds. The van der Waals surface area contributed by atoms with Crippen LogP contribution in [0.25, 0.3) is 0 Å². The molecule has 3 nitrogen and oxygen atoms in total. The lowest BCUT2D eigenvalue weighted by molar-refractivity contribution is 0.124. The number of hydrogen-bond acceptors (Lipinski definition) is 3. The fourth-order valence-electron chi connectivity index (χ4n) is 1.82. The minimum atomic E-state index is 0.0286. The number of ether oxygens (including phenoxy) is 1. The van der Waals surface area contributed by atoms with E-state index in [9.17, 15) is 0 Å². The average molecular weight is 193 g/mol. The molecule has 14 heavy (non-hydrogen) atoms. The molecule has 0 bridgehead atoms. The third kappa shape index (κ3) is 1.61. The zero-order valence-corrected chi connectivity index (χ0v) is 8.29. The monoisotopic (exact) mass is 193 g/mol. The summed E-state index contributed by atoms with van der Waals surface area (Å²) in [7, 11) is 0. The minimum absolute atomic E-state index is 0.0286. The van der Waals surface area contributed by atoms with Gasteiger partial charge in [-0.25, -0.2) is 0 Å². The van der Waals surface area contributed by atoms with Crippen molar-refractivity contribution >= 4 is 0 Å². The van der Waals surface area contributed by atoms with Crippen molar-refractivity contribution in [3.8, 4) is 5.75 Å². The van der Waals surface area contributed by atoms with E-state index < -0.39 is 0 Å². The van der Waals surface area contributed by atoms with Gasteiger partial charge in [0, 0.05) is 6.42 Å². The summed E-state index contributed by atoms with van der Waals surface area (Å²) >= 11 is 0. The molecule has 1 aliphatic heterocycles. The van der Waals surface area contributed by atoms with Gasteiger partial charge in [0.1, 0.15) is 5.75 Å². The van der Waals surface area contributed by atoms with Gasteiger partial charge in [0.05, 0.1) is 12.6 Å². The van der Waals surface area contributed by atoms with Crippen molar-refractivity contribution in [1.29, 1.82) is 0 Å². The maximum Gasteiger partial charge on any atom is 0.122 e. The van der Waals surface area contributed by atoms with Crippen molar-refractivity contribution in [2.45, 2.75) is 25.8 Å². The molecule has 1 aromatic carbocycles. The van der Waals surface area contributed by atoms with Gasteiger partial charge >= 0.3 is 0 Å². The van der Waals surface area contributed by atoms with Gasteiger partial charge in [-0.15, -0.1) is 0 Å². The highest BCUT2D eigenvalue weighted by molar-refractivity contribution is 5.40. The van der Waals surface area contributed by atoms with Crippen LogP contribution < -0.4 is 10.2 Å². The van der Waals surface area contributed by atoms with E-state index in [2.05, 4.69) is 11.5 Å². The molecule has 2 N–H and O–H groups in total. The Labute approximate surface area is 83.7 Å². The normalized spacial score (nSPS) is 16.1. The van der Waals surface area contributed by atoms with Gasteiger partial charge in [-0.1, -0.05) is 19.1 Å². The first-order valence-corrected chi connectivity index (χ1v) is 5.00. The van der Waals surface area contributed by atoms with E-state index in [0.717, 1.165) is 30.8 Å². The lowest BCUT2D eigenvalue weighted by Crippen LogP contribution is -2.15. The second kappa shape index (κ2) is 3.98. The number of rotatable bonds is 3. The summed E-state index contributed by atoms with van der Waals surface area (Å²) in [5.74, 6) is 0.988. The largest absolute Gasteiger partial charge is 0.493 e. The maximum absolute atomic E-state index is 8.95. The Kier molecular flexibility index (Phi) is 2.70. The molecule has 1 atom stereocenters. The minimum Gasteiger partial charge on any atom is -0.493 e. The van der Waals surface area contributed by atoms with E-state index in [0.29, 0.717) is 0 Å². The summed E-state index contributed by atoms with van der Waals surface area (Å²) in [4.78, 5) is 0. The van der Waals surface area contributed by atoms with Crippen LogP contribution in [0.4, 0.5) is 0 Å². The second-order valence-electron chi connectivity index (χ2n) is 3.56. The molecule has 2 rings (SSSR count). The van der Waals surface area contributed by atoms with Crippen LogP contribution in [0.3, 0.4) is 0 Å². The first-order chi connectivity index (χ1) is 6.85. The van der Waals surface area contributed by atoms with Crippen molar-refractivity contribution in [2.75, 3.05) is 6.61 Å². The van der Waals surface area contributed by atoms with Crippen LogP contribution in [-0.4, -0.2) is 11.8 Å². The topological polar surface area (TPSA) is 41.5 Å². The average Bonchev–Trinajstić information content (AvgIpc) is 2.66. The fourth-order valence-corrected chi connectivity index (χ4v) is 1.82. The first-order valence-electron chi connectivity index (χ1n) is 5.00. The van der Waals surface area contributed by atoms with Gasteiger partial charge in [-0.2, -0.15) is 5.48 Å². The molecule has 0 saturated carbocycles. The van der Waals surface area contributed by atoms with Gasteiger partial charge in [-0.3, -0.25) is 0 Å². The lowest BCUT2D eigenvalue weighted by atomic mass is 10.0. The Bertz CT molecular complexity index is 321. The smallest absolute Gasteiger partial charge is 0.122 e. The Hall–Kier alpha value is -1.06. The molecule has 0 aliphatic carbocycles. The van der Waals surface area contributed by atoms with Crippen LogP contribution in [0.1, 0.15) is 30.5 Å². The summed E-state index contributed by atoms with van der Waals surface area (Å²) in [5, 5.41) is 8.95. The number of hydrogen-bond donors (Lipinski definition) is 2. The van der Waals surface area contributed by atoms with E-state index >= 15 is 0 Å². The van der Waals surface area contributed by atoms with Crippen LogP contribution in [0.2, 0.25) is 0 Å². The maximum atomic E-state index is 8.95. The van der Waals surface area contributed by atoms with Crippen LogP contribution in [0.5, 0.6) is 5.75 Å². The fraction of sp³-hybridized carbons (Fsp3) is 0.455. The Balaban J connectivity index is 2.27. The summed E-state index contributed by atoms with van der Waals surface area (Å²) in [6.07, 6.45) is 1.85. The van der Waals surface area contributed by atoms with Crippen LogP contribution in [-0.2, 0) is 6.42 Å². The third-order valence-corrected chi connectivity index (χ3v) is 2.68. The highest BCUT2D eigenvalue weighted by Crippen LogP contribution is 2.28. The molecule has 0 fully saturated rings.